The first-order valence-electron chi connectivity index (χ1n) is 6.62. The number of carbonyl (C=O) groups excluding carboxylic acids is 1. The first-order valence-corrected chi connectivity index (χ1v) is 7.38. The van der Waals surface area contributed by atoms with Gasteiger partial charge in [0.25, 0.3) is 5.91 Å². The molecule has 0 aliphatic carbocycles. The SMILES string of the molecule is COc1cccc(/C=N/NC(=O)COc2ccc(Cl)cc2Cl)c1. The van der Waals surface area contributed by atoms with E-state index in [9.17, 15) is 4.79 Å². The predicted octanol–water partition coefficient (Wildman–Crippen LogP) is 3.53. The van der Waals surface area contributed by atoms with Crippen LogP contribution in [0.25, 0.3) is 0 Å². The zero-order valence-corrected chi connectivity index (χ0v) is 13.8. The van der Waals surface area contributed by atoms with Crippen LogP contribution in [0.15, 0.2) is 47.6 Å². The second-order valence-corrected chi connectivity index (χ2v) is 5.28. The highest BCUT2D eigenvalue weighted by Crippen LogP contribution is 2.27. The molecule has 5 nitrogen and oxygen atoms in total. The molecule has 7 heteroatoms. The fourth-order valence-electron chi connectivity index (χ4n) is 1.67. The lowest BCUT2D eigenvalue weighted by Gasteiger charge is -2.07. The Balaban J connectivity index is 1.83. The van der Waals surface area contributed by atoms with Crippen molar-refractivity contribution in [1.82, 2.24) is 5.43 Å². The Hall–Kier alpha value is -2.24. The number of nitrogens with zero attached hydrogens (tertiary/aromatic N) is 1. The van der Waals surface area contributed by atoms with Gasteiger partial charge in [-0.15, -0.1) is 0 Å². The third-order valence-electron chi connectivity index (χ3n) is 2.75. The smallest absolute Gasteiger partial charge is 0.277 e. The molecule has 0 aliphatic heterocycles. The van der Waals surface area contributed by atoms with Crippen molar-refractivity contribution >= 4 is 35.3 Å². The maximum absolute atomic E-state index is 11.7. The van der Waals surface area contributed by atoms with E-state index in [-0.39, 0.29) is 6.61 Å². The Labute approximate surface area is 143 Å². The highest BCUT2D eigenvalue weighted by Gasteiger charge is 2.05. The van der Waals surface area contributed by atoms with Crippen molar-refractivity contribution < 1.29 is 14.3 Å². The number of amides is 1. The summed E-state index contributed by atoms with van der Waals surface area (Å²) in [5.74, 6) is 0.680. The molecule has 1 amide bonds. The van der Waals surface area contributed by atoms with Crippen molar-refractivity contribution in [3.05, 3.63) is 58.1 Å². The van der Waals surface area contributed by atoms with E-state index < -0.39 is 5.91 Å². The van der Waals surface area contributed by atoms with E-state index in [0.717, 1.165) is 5.56 Å². The molecule has 0 aromatic heterocycles. The van der Waals surface area contributed by atoms with Crippen LogP contribution in [0.1, 0.15) is 5.56 Å². The molecule has 0 fully saturated rings. The standard InChI is InChI=1S/C16H14Cl2N2O3/c1-22-13-4-2-3-11(7-13)9-19-20-16(21)10-23-15-6-5-12(17)8-14(15)18/h2-9H,10H2,1H3,(H,20,21)/b19-9+. The van der Waals surface area contributed by atoms with Crippen LogP contribution in [0, 0.1) is 0 Å². The van der Waals surface area contributed by atoms with Crippen LogP contribution < -0.4 is 14.9 Å². The maximum Gasteiger partial charge on any atom is 0.277 e. The average Bonchev–Trinajstić information content (AvgIpc) is 2.54. The molecule has 120 valence electrons. The molecular weight excluding hydrogens is 339 g/mol. The van der Waals surface area contributed by atoms with Gasteiger partial charge in [-0.3, -0.25) is 4.79 Å². The van der Waals surface area contributed by atoms with Crippen LogP contribution >= 0.6 is 23.2 Å². The van der Waals surface area contributed by atoms with Gasteiger partial charge in [0.1, 0.15) is 11.5 Å². The molecule has 0 saturated carbocycles. The number of nitrogens with one attached hydrogen (secondary N) is 1. The maximum atomic E-state index is 11.7. The Morgan fingerprint density at radius 3 is 2.83 bits per heavy atom. The molecule has 0 saturated heterocycles. The second-order valence-electron chi connectivity index (χ2n) is 4.43. The molecule has 2 aromatic rings. The van der Waals surface area contributed by atoms with E-state index in [1.165, 1.54) is 12.3 Å². The molecule has 0 bridgehead atoms. The molecule has 1 N–H and O–H groups in total. The molecule has 0 atom stereocenters. The van der Waals surface area contributed by atoms with Crippen molar-refractivity contribution in [2.75, 3.05) is 13.7 Å². The molecule has 0 aliphatic rings. The van der Waals surface area contributed by atoms with E-state index in [4.69, 9.17) is 32.7 Å². The summed E-state index contributed by atoms with van der Waals surface area (Å²) >= 11 is 11.7. The highest BCUT2D eigenvalue weighted by atomic mass is 35.5. The van der Waals surface area contributed by atoms with Crippen molar-refractivity contribution in [2.45, 2.75) is 0 Å². The van der Waals surface area contributed by atoms with Crippen molar-refractivity contribution in [3.8, 4) is 11.5 Å². The molecule has 2 aromatic carbocycles. The first-order chi connectivity index (χ1) is 11.1. The summed E-state index contributed by atoms with van der Waals surface area (Å²) in [5.41, 5.74) is 3.16. The Kier molecular flexibility index (Phi) is 6.26. The quantitative estimate of drug-likeness (QED) is 0.638. The van der Waals surface area contributed by atoms with Gasteiger partial charge in [-0.05, 0) is 35.9 Å². The van der Waals surface area contributed by atoms with Gasteiger partial charge in [0, 0.05) is 5.02 Å². The minimum Gasteiger partial charge on any atom is -0.497 e. The Bertz CT molecular complexity index is 720. The highest BCUT2D eigenvalue weighted by molar-refractivity contribution is 6.35. The summed E-state index contributed by atoms with van der Waals surface area (Å²) in [5, 5.41) is 4.68. The predicted molar refractivity (Wildman–Crippen MR) is 90.7 cm³/mol. The van der Waals surface area contributed by atoms with Crippen molar-refractivity contribution in [2.24, 2.45) is 5.10 Å². The molecule has 2 rings (SSSR count). The van der Waals surface area contributed by atoms with Crippen LogP contribution in [-0.2, 0) is 4.79 Å². The van der Waals surface area contributed by atoms with Gasteiger partial charge in [-0.2, -0.15) is 5.10 Å². The van der Waals surface area contributed by atoms with E-state index >= 15 is 0 Å². The summed E-state index contributed by atoms with van der Waals surface area (Å²) in [6, 6.07) is 12.0. The topological polar surface area (TPSA) is 59.9 Å². The van der Waals surface area contributed by atoms with Gasteiger partial charge in [-0.1, -0.05) is 35.3 Å². The van der Waals surface area contributed by atoms with E-state index in [1.54, 1.807) is 25.3 Å². The lowest BCUT2D eigenvalue weighted by atomic mass is 10.2. The number of carbonyl (C=O) groups is 1. The zero-order valence-electron chi connectivity index (χ0n) is 12.3. The molecule has 0 unspecified atom stereocenters. The number of methoxy groups -OCH3 is 1. The number of rotatable bonds is 6. The summed E-state index contributed by atoms with van der Waals surface area (Å²) in [6.45, 7) is -0.212. The van der Waals surface area contributed by atoms with Gasteiger partial charge < -0.3 is 9.47 Å². The third kappa shape index (κ3) is 5.47. The van der Waals surface area contributed by atoms with Gasteiger partial charge in [0.2, 0.25) is 0 Å². The average molecular weight is 353 g/mol. The van der Waals surface area contributed by atoms with Crippen LogP contribution in [0.3, 0.4) is 0 Å². The fourth-order valence-corrected chi connectivity index (χ4v) is 2.13. The largest absolute Gasteiger partial charge is 0.497 e. The van der Waals surface area contributed by atoms with E-state index in [1.807, 2.05) is 18.2 Å². The number of benzene rings is 2. The summed E-state index contributed by atoms with van der Waals surface area (Å²) in [6.07, 6.45) is 1.51. The summed E-state index contributed by atoms with van der Waals surface area (Å²) in [7, 11) is 1.58. The molecule has 0 heterocycles. The molecule has 0 radical (unpaired) electrons. The first kappa shape index (κ1) is 17.1. The minimum absolute atomic E-state index is 0.212. The number of hydrogen-bond donors (Lipinski definition) is 1. The molecule has 0 spiro atoms. The van der Waals surface area contributed by atoms with Crippen molar-refractivity contribution in [3.63, 3.8) is 0 Å². The van der Waals surface area contributed by atoms with Gasteiger partial charge in [0.05, 0.1) is 18.3 Å². The summed E-state index contributed by atoms with van der Waals surface area (Å²) in [4.78, 5) is 11.7. The lowest BCUT2D eigenvalue weighted by Crippen LogP contribution is -2.24. The van der Waals surface area contributed by atoms with Gasteiger partial charge >= 0.3 is 0 Å². The third-order valence-corrected chi connectivity index (χ3v) is 3.28. The Morgan fingerprint density at radius 2 is 2.09 bits per heavy atom. The van der Waals surface area contributed by atoms with Crippen molar-refractivity contribution in [1.29, 1.82) is 0 Å². The van der Waals surface area contributed by atoms with Crippen LogP contribution in [0.2, 0.25) is 10.0 Å². The van der Waals surface area contributed by atoms with Crippen LogP contribution in [0.5, 0.6) is 11.5 Å². The number of hydrazone groups is 1. The lowest BCUT2D eigenvalue weighted by molar-refractivity contribution is -0.123. The Morgan fingerprint density at radius 1 is 1.26 bits per heavy atom. The number of ether oxygens (including phenoxy) is 2. The van der Waals surface area contributed by atoms with Gasteiger partial charge in [-0.25, -0.2) is 5.43 Å². The number of halogens is 2. The summed E-state index contributed by atoms with van der Waals surface area (Å²) < 4.78 is 10.4. The number of hydrogen-bond acceptors (Lipinski definition) is 4. The normalized spacial score (nSPS) is 10.6. The second kappa shape index (κ2) is 8.41. The monoisotopic (exact) mass is 352 g/mol. The fraction of sp³-hybridized carbons (Fsp3) is 0.125. The molecular formula is C16H14Cl2N2O3. The minimum atomic E-state index is -0.407. The van der Waals surface area contributed by atoms with Crippen LogP contribution in [0.4, 0.5) is 0 Å². The van der Waals surface area contributed by atoms with E-state index in [2.05, 4.69) is 10.5 Å². The van der Waals surface area contributed by atoms with Gasteiger partial charge in [0.15, 0.2) is 6.61 Å². The molecule has 23 heavy (non-hydrogen) atoms. The van der Waals surface area contributed by atoms with Crippen LogP contribution in [-0.4, -0.2) is 25.8 Å². The van der Waals surface area contributed by atoms with E-state index in [0.29, 0.717) is 21.5 Å². The zero-order chi connectivity index (χ0) is 16.7.